The van der Waals surface area contributed by atoms with E-state index in [0.717, 1.165) is 109 Å². The number of aliphatic hydroxyl groups is 1. The molecule has 2 unspecified atom stereocenters. The fourth-order valence-corrected chi connectivity index (χ4v) is 10.9. The van der Waals surface area contributed by atoms with Gasteiger partial charge in [-0.25, -0.2) is 9.13 Å². The van der Waals surface area contributed by atoms with Gasteiger partial charge in [0, 0.05) is 25.7 Å². The Hall–Kier alpha value is -2.46. The molecule has 0 amide bonds. The zero-order chi connectivity index (χ0) is 62.9. The largest absolute Gasteiger partial charge is 0.472 e. The Labute approximate surface area is 516 Å². The molecule has 0 aromatic rings. The number of rotatable bonds is 63. The van der Waals surface area contributed by atoms with E-state index in [1.54, 1.807) is 0 Å². The Morgan fingerprint density at radius 1 is 0.365 bits per heavy atom. The van der Waals surface area contributed by atoms with Crippen molar-refractivity contribution < 1.29 is 80.2 Å². The van der Waals surface area contributed by atoms with Crippen LogP contribution >= 0.6 is 15.6 Å². The summed E-state index contributed by atoms with van der Waals surface area (Å²) in [6.07, 6.45) is 44.0. The molecule has 0 aromatic heterocycles. The minimum absolute atomic E-state index is 0.0839. The van der Waals surface area contributed by atoms with Crippen LogP contribution in [0.1, 0.15) is 305 Å². The number of ether oxygens (including phenoxy) is 4. The first-order valence-corrected chi connectivity index (χ1v) is 36.8. The Morgan fingerprint density at radius 2 is 0.635 bits per heavy atom. The summed E-state index contributed by atoms with van der Waals surface area (Å²) in [6.45, 7) is 9.31. The zero-order valence-electron chi connectivity index (χ0n) is 54.4. The standard InChI is InChI=1S/C66H124O17P2/c1-7-9-11-13-15-17-19-20-21-22-23-25-31-38-44-50-65(70)82-61(55-77-64(69)49-43-37-32-26-28-34-40-46-58(3)4)56-80-84(72,73)78-52-60(67)53-79-85(74,75)81-57-62(83-66(71)51-45-39-33-27-29-35-41-47-59(5)6)54-76-63(68)48-42-36-30-24-18-16-14-12-10-8-2/h17,19-21,58-62,67H,7-16,18,22-57H2,1-6H3,(H,72,73)(H,74,75)/b19-17-,21-20-/t60-,61-,62-/m1/s1. The molecule has 0 saturated heterocycles. The van der Waals surface area contributed by atoms with E-state index in [4.69, 9.17) is 37.0 Å². The number of hydrogen-bond acceptors (Lipinski definition) is 15. The molecular weight excluding hydrogens is 1130 g/mol. The Kier molecular flexibility index (Phi) is 56.3. The molecule has 500 valence electrons. The van der Waals surface area contributed by atoms with Crippen LogP contribution in [0.4, 0.5) is 0 Å². The van der Waals surface area contributed by atoms with Gasteiger partial charge in [-0.3, -0.25) is 37.3 Å². The Morgan fingerprint density at radius 3 is 0.965 bits per heavy atom. The highest BCUT2D eigenvalue weighted by atomic mass is 31.2. The van der Waals surface area contributed by atoms with Crippen molar-refractivity contribution in [3.8, 4) is 0 Å². The monoisotopic (exact) mass is 1250 g/mol. The van der Waals surface area contributed by atoms with Crippen LogP contribution in [0.15, 0.2) is 24.3 Å². The van der Waals surface area contributed by atoms with E-state index in [1.807, 2.05) is 0 Å². The molecule has 0 saturated carbocycles. The number of esters is 4. The number of aliphatic hydroxyl groups excluding tert-OH is 1. The van der Waals surface area contributed by atoms with Crippen LogP contribution in [0, 0.1) is 11.8 Å². The summed E-state index contributed by atoms with van der Waals surface area (Å²) < 4.78 is 68.0. The number of hydrogen-bond donors (Lipinski definition) is 3. The molecule has 0 radical (unpaired) electrons. The van der Waals surface area contributed by atoms with Crippen LogP contribution in [0.2, 0.25) is 0 Å². The van der Waals surface area contributed by atoms with Crippen LogP contribution in [0.5, 0.6) is 0 Å². The second-order valence-corrected chi connectivity index (χ2v) is 27.0. The molecule has 0 bridgehead atoms. The van der Waals surface area contributed by atoms with Crippen LogP contribution in [-0.4, -0.2) is 96.7 Å². The number of carbonyl (C=O) groups excluding carboxylic acids is 4. The van der Waals surface area contributed by atoms with Gasteiger partial charge in [0.25, 0.3) is 0 Å². The van der Waals surface area contributed by atoms with Gasteiger partial charge in [0.1, 0.15) is 19.3 Å². The van der Waals surface area contributed by atoms with Crippen LogP contribution in [0.25, 0.3) is 0 Å². The lowest BCUT2D eigenvalue weighted by atomic mass is 10.0. The van der Waals surface area contributed by atoms with Gasteiger partial charge in [0.2, 0.25) is 0 Å². The number of unbranched alkanes of at least 4 members (excludes halogenated alkanes) is 30. The van der Waals surface area contributed by atoms with E-state index in [1.165, 1.54) is 103 Å². The highest BCUT2D eigenvalue weighted by Crippen LogP contribution is 2.45. The predicted molar refractivity (Wildman–Crippen MR) is 340 cm³/mol. The summed E-state index contributed by atoms with van der Waals surface area (Å²) >= 11 is 0. The molecule has 0 fully saturated rings. The van der Waals surface area contributed by atoms with E-state index in [9.17, 15) is 43.2 Å². The van der Waals surface area contributed by atoms with E-state index in [0.29, 0.717) is 37.5 Å². The van der Waals surface area contributed by atoms with Gasteiger partial charge < -0.3 is 33.8 Å². The SMILES string of the molecule is CCCCCC/C=C\C=C/CCCCCCCC(=O)O[C@H](COC(=O)CCCCCCCCCC(C)C)COP(=O)(O)OC[C@@H](O)COP(=O)(O)OC[C@@H](COC(=O)CCCCCCCCCCCC)OC(=O)CCCCCCCCCC(C)C. The van der Waals surface area contributed by atoms with E-state index < -0.39 is 97.5 Å². The third kappa shape index (κ3) is 60.2. The maximum atomic E-state index is 13.0. The van der Waals surface area contributed by atoms with Gasteiger partial charge in [0.05, 0.1) is 26.4 Å². The maximum Gasteiger partial charge on any atom is 0.472 e. The third-order valence-electron chi connectivity index (χ3n) is 14.6. The molecule has 0 aliphatic carbocycles. The minimum Gasteiger partial charge on any atom is -0.462 e. The van der Waals surface area contributed by atoms with Gasteiger partial charge in [-0.15, -0.1) is 0 Å². The summed E-state index contributed by atoms with van der Waals surface area (Å²) in [7, 11) is -9.90. The van der Waals surface area contributed by atoms with Crippen LogP contribution in [0.3, 0.4) is 0 Å². The Balaban J connectivity index is 5.27. The average molecular weight is 1250 g/mol. The number of phosphoric ester groups is 2. The highest BCUT2D eigenvalue weighted by Gasteiger charge is 2.30. The highest BCUT2D eigenvalue weighted by molar-refractivity contribution is 7.47. The predicted octanol–water partition coefficient (Wildman–Crippen LogP) is 18.0. The van der Waals surface area contributed by atoms with Crippen molar-refractivity contribution in [3.63, 3.8) is 0 Å². The molecule has 3 N–H and O–H groups in total. The fraction of sp³-hybridized carbons (Fsp3) is 0.879. The average Bonchev–Trinajstić information content (AvgIpc) is 3.51. The summed E-state index contributed by atoms with van der Waals surface area (Å²) in [6, 6.07) is 0. The van der Waals surface area contributed by atoms with Crippen molar-refractivity contribution in [1.82, 2.24) is 0 Å². The molecule has 17 nitrogen and oxygen atoms in total. The molecular formula is C66H124O17P2. The van der Waals surface area contributed by atoms with Gasteiger partial charge in [-0.05, 0) is 63.2 Å². The van der Waals surface area contributed by atoms with Crippen molar-refractivity contribution in [2.75, 3.05) is 39.6 Å². The van der Waals surface area contributed by atoms with Crippen molar-refractivity contribution in [3.05, 3.63) is 24.3 Å². The van der Waals surface area contributed by atoms with Crippen LogP contribution < -0.4 is 0 Å². The summed E-state index contributed by atoms with van der Waals surface area (Å²) in [5.41, 5.74) is 0. The number of allylic oxidation sites excluding steroid dienone is 4. The minimum atomic E-state index is -4.95. The van der Waals surface area contributed by atoms with E-state index in [2.05, 4.69) is 65.8 Å². The first kappa shape index (κ1) is 82.5. The second kappa shape index (κ2) is 57.9. The van der Waals surface area contributed by atoms with Crippen molar-refractivity contribution in [2.45, 2.75) is 323 Å². The topological polar surface area (TPSA) is 237 Å². The molecule has 19 heteroatoms. The molecule has 0 heterocycles. The second-order valence-electron chi connectivity index (χ2n) is 24.1. The number of phosphoric acid groups is 2. The van der Waals surface area contributed by atoms with Crippen molar-refractivity contribution in [1.29, 1.82) is 0 Å². The lowest BCUT2D eigenvalue weighted by Crippen LogP contribution is -2.30. The summed E-state index contributed by atoms with van der Waals surface area (Å²) in [5, 5.41) is 10.5. The molecule has 0 aliphatic rings. The smallest absolute Gasteiger partial charge is 0.462 e. The quantitative estimate of drug-likeness (QED) is 0.0169. The zero-order valence-corrected chi connectivity index (χ0v) is 56.2. The lowest BCUT2D eigenvalue weighted by Gasteiger charge is -2.21. The molecule has 5 atom stereocenters. The van der Waals surface area contributed by atoms with Gasteiger partial charge in [-0.1, -0.05) is 252 Å². The van der Waals surface area contributed by atoms with E-state index in [-0.39, 0.29) is 25.7 Å². The molecule has 0 aliphatic heterocycles. The first-order chi connectivity index (χ1) is 40.9. The third-order valence-corrected chi connectivity index (χ3v) is 16.5. The van der Waals surface area contributed by atoms with Crippen molar-refractivity contribution >= 4 is 39.5 Å². The van der Waals surface area contributed by atoms with Gasteiger partial charge in [0.15, 0.2) is 12.2 Å². The van der Waals surface area contributed by atoms with Crippen LogP contribution in [-0.2, 0) is 65.4 Å². The van der Waals surface area contributed by atoms with Gasteiger partial charge >= 0.3 is 39.5 Å². The van der Waals surface area contributed by atoms with Crippen molar-refractivity contribution in [2.24, 2.45) is 11.8 Å². The fourth-order valence-electron chi connectivity index (χ4n) is 9.34. The van der Waals surface area contributed by atoms with Gasteiger partial charge in [-0.2, -0.15) is 0 Å². The molecule has 85 heavy (non-hydrogen) atoms. The first-order valence-electron chi connectivity index (χ1n) is 33.8. The summed E-state index contributed by atoms with van der Waals surface area (Å²) in [4.78, 5) is 72.2. The molecule has 0 spiro atoms. The molecule has 0 rings (SSSR count). The normalized spacial score (nSPS) is 14.4. The summed E-state index contributed by atoms with van der Waals surface area (Å²) in [5.74, 6) is -0.769. The Bertz CT molecular complexity index is 1760. The van der Waals surface area contributed by atoms with E-state index >= 15 is 0 Å². The molecule has 0 aromatic carbocycles. The lowest BCUT2D eigenvalue weighted by molar-refractivity contribution is -0.161. The maximum absolute atomic E-state index is 13.0. The number of carbonyl (C=O) groups is 4.